The maximum absolute atomic E-state index is 12.1. The summed E-state index contributed by atoms with van der Waals surface area (Å²) in [5.74, 6) is 0.624. The molecule has 0 aliphatic carbocycles. The molecule has 7 nitrogen and oxygen atoms in total. The number of H-pyrrole nitrogens is 1. The summed E-state index contributed by atoms with van der Waals surface area (Å²) in [5, 5.41) is 14.4. The zero-order valence-corrected chi connectivity index (χ0v) is 14.2. The average molecular weight is 346 g/mol. The van der Waals surface area contributed by atoms with Gasteiger partial charge >= 0.3 is 0 Å². The van der Waals surface area contributed by atoms with Crippen LogP contribution in [0.15, 0.2) is 34.2 Å². The Hall–Kier alpha value is -2.61. The molecule has 24 heavy (non-hydrogen) atoms. The largest absolute Gasteiger partial charge is 0.494 e. The van der Waals surface area contributed by atoms with Crippen molar-refractivity contribution in [2.75, 3.05) is 6.61 Å². The molecule has 0 unspecified atom stereocenters. The lowest BCUT2D eigenvalue weighted by Gasteiger charge is -2.11. The molecular formula is C16H18N4O3S. The van der Waals surface area contributed by atoms with Crippen molar-refractivity contribution in [1.82, 2.24) is 15.0 Å². The van der Waals surface area contributed by atoms with Crippen LogP contribution < -0.4 is 15.7 Å². The number of hydrogen-bond donors (Lipinski definition) is 3. The van der Waals surface area contributed by atoms with Gasteiger partial charge in [-0.05, 0) is 36.8 Å². The summed E-state index contributed by atoms with van der Waals surface area (Å²) in [7, 11) is 1.59. The van der Waals surface area contributed by atoms with E-state index in [0.29, 0.717) is 18.7 Å². The van der Waals surface area contributed by atoms with Crippen LogP contribution in [0, 0.1) is 4.77 Å². The first-order valence-corrected chi connectivity index (χ1v) is 7.99. The predicted molar refractivity (Wildman–Crippen MR) is 93.2 cm³/mol. The van der Waals surface area contributed by atoms with Crippen molar-refractivity contribution in [3.8, 4) is 11.6 Å². The molecule has 1 atom stereocenters. The molecule has 0 saturated carbocycles. The molecule has 3 N–H and O–H groups in total. The molecule has 0 bridgehead atoms. The minimum Gasteiger partial charge on any atom is -0.494 e. The molecule has 2 aromatic rings. The Balaban J connectivity index is 1.84. The SMILES string of the molecule is CCOc1ccc([C@H]2CC(c3c(O)n(C)c(=S)[nH]c3=O)=NN2)cc1. The molecule has 0 amide bonds. The maximum Gasteiger partial charge on any atom is 0.264 e. The van der Waals surface area contributed by atoms with Gasteiger partial charge in [0, 0.05) is 13.5 Å². The number of nitrogens with zero attached hydrogens (tertiary/aromatic N) is 2. The maximum atomic E-state index is 12.1. The first kappa shape index (κ1) is 16.3. The molecule has 0 fully saturated rings. The summed E-state index contributed by atoms with van der Waals surface area (Å²) in [6.07, 6.45) is 0.487. The van der Waals surface area contributed by atoms with Gasteiger partial charge in [-0.3, -0.25) is 14.3 Å². The van der Waals surface area contributed by atoms with Crippen LogP contribution in [0.3, 0.4) is 0 Å². The molecule has 1 aliphatic rings. The quantitative estimate of drug-likeness (QED) is 0.737. The zero-order chi connectivity index (χ0) is 17.3. The topological polar surface area (TPSA) is 91.6 Å². The van der Waals surface area contributed by atoms with Crippen LogP contribution in [0.25, 0.3) is 0 Å². The van der Waals surface area contributed by atoms with Crippen LogP contribution >= 0.6 is 12.2 Å². The van der Waals surface area contributed by atoms with Gasteiger partial charge < -0.3 is 15.3 Å². The van der Waals surface area contributed by atoms with Gasteiger partial charge in [0.05, 0.1) is 18.4 Å². The molecule has 8 heteroatoms. The summed E-state index contributed by atoms with van der Waals surface area (Å²) >= 11 is 4.98. The van der Waals surface area contributed by atoms with Gasteiger partial charge in [-0.2, -0.15) is 5.10 Å². The lowest BCUT2D eigenvalue weighted by molar-refractivity contribution is 0.340. The molecule has 2 heterocycles. The Bertz CT molecular complexity index is 899. The van der Waals surface area contributed by atoms with Crippen molar-refractivity contribution in [3.63, 3.8) is 0 Å². The lowest BCUT2D eigenvalue weighted by atomic mass is 10.00. The van der Waals surface area contributed by atoms with E-state index in [1.807, 2.05) is 31.2 Å². The first-order valence-electron chi connectivity index (χ1n) is 7.58. The Labute approximate surface area is 143 Å². The number of rotatable bonds is 4. The third kappa shape index (κ3) is 2.92. The number of ether oxygens (including phenoxy) is 1. The number of aromatic nitrogens is 2. The highest BCUT2D eigenvalue weighted by Crippen LogP contribution is 2.27. The number of aromatic amines is 1. The van der Waals surface area contributed by atoms with E-state index in [0.717, 1.165) is 11.3 Å². The van der Waals surface area contributed by atoms with E-state index in [1.54, 1.807) is 7.05 Å². The van der Waals surface area contributed by atoms with Crippen LogP contribution in [0.4, 0.5) is 0 Å². The second-order valence-electron chi connectivity index (χ2n) is 5.46. The van der Waals surface area contributed by atoms with Gasteiger partial charge in [0.25, 0.3) is 5.56 Å². The smallest absolute Gasteiger partial charge is 0.264 e. The minimum atomic E-state index is -0.441. The van der Waals surface area contributed by atoms with Crippen molar-refractivity contribution in [1.29, 1.82) is 0 Å². The molecular weight excluding hydrogens is 328 g/mol. The molecule has 0 saturated heterocycles. The number of aromatic hydroxyl groups is 1. The van der Waals surface area contributed by atoms with Crippen LogP contribution in [0.2, 0.25) is 0 Å². The third-order valence-corrected chi connectivity index (χ3v) is 4.30. The fourth-order valence-corrected chi connectivity index (χ4v) is 2.80. The molecule has 126 valence electrons. The fraction of sp³-hybridized carbons (Fsp3) is 0.312. The van der Waals surface area contributed by atoms with Crippen molar-refractivity contribution >= 4 is 17.9 Å². The van der Waals surface area contributed by atoms with Crippen molar-refractivity contribution < 1.29 is 9.84 Å². The number of benzene rings is 1. The van der Waals surface area contributed by atoms with E-state index in [2.05, 4.69) is 15.5 Å². The molecule has 0 radical (unpaired) electrons. The first-order chi connectivity index (χ1) is 11.5. The van der Waals surface area contributed by atoms with E-state index in [1.165, 1.54) is 4.57 Å². The van der Waals surface area contributed by atoms with E-state index < -0.39 is 5.56 Å². The Kier molecular flexibility index (Phi) is 4.39. The van der Waals surface area contributed by atoms with Crippen molar-refractivity contribution in [2.24, 2.45) is 12.1 Å². The number of nitrogens with one attached hydrogen (secondary N) is 2. The van der Waals surface area contributed by atoms with Crippen LogP contribution in [0.1, 0.15) is 30.5 Å². The fourth-order valence-electron chi connectivity index (χ4n) is 2.62. The minimum absolute atomic E-state index is 0.0667. The van der Waals surface area contributed by atoms with Gasteiger partial charge in [0.1, 0.15) is 11.3 Å². The van der Waals surface area contributed by atoms with E-state index in [4.69, 9.17) is 17.0 Å². The van der Waals surface area contributed by atoms with Gasteiger partial charge in [-0.1, -0.05) is 12.1 Å². The van der Waals surface area contributed by atoms with Crippen LogP contribution in [0.5, 0.6) is 11.6 Å². The van der Waals surface area contributed by atoms with Crippen molar-refractivity contribution in [2.45, 2.75) is 19.4 Å². The Morgan fingerprint density at radius 1 is 1.42 bits per heavy atom. The van der Waals surface area contributed by atoms with Gasteiger partial charge in [0.15, 0.2) is 4.77 Å². The highest BCUT2D eigenvalue weighted by Gasteiger charge is 2.26. The highest BCUT2D eigenvalue weighted by molar-refractivity contribution is 7.71. The van der Waals surface area contributed by atoms with Crippen LogP contribution in [-0.4, -0.2) is 27.0 Å². The second kappa shape index (κ2) is 6.48. The molecule has 1 aromatic heterocycles. The third-order valence-electron chi connectivity index (χ3n) is 3.93. The zero-order valence-electron chi connectivity index (χ0n) is 13.4. The summed E-state index contributed by atoms with van der Waals surface area (Å²) in [6, 6.07) is 7.64. The standard InChI is InChI=1S/C16H18N4O3S/c1-3-23-10-6-4-9(5-7-10)11-8-12(19-18-11)13-14(21)17-16(24)20(2)15(13)22/h4-7,11,18,22H,3,8H2,1-2H3,(H,17,21,24)/t11-/m1/s1. The van der Waals surface area contributed by atoms with Crippen LogP contribution in [-0.2, 0) is 7.05 Å². The highest BCUT2D eigenvalue weighted by atomic mass is 32.1. The summed E-state index contributed by atoms with van der Waals surface area (Å²) < 4.78 is 6.94. The Morgan fingerprint density at radius 3 is 2.79 bits per heavy atom. The van der Waals surface area contributed by atoms with Gasteiger partial charge in [-0.15, -0.1) is 0 Å². The number of hydrogen-bond acceptors (Lipinski definition) is 6. The summed E-state index contributed by atoms with van der Waals surface area (Å²) in [6.45, 7) is 2.55. The summed E-state index contributed by atoms with van der Waals surface area (Å²) in [4.78, 5) is 14.7. The average Bonchev–Trinajstić information content (AvgIpc) is 3.03. The summed E-state index contributed by atoms with van der Waals surface area (Å²) in [5.41, 5.74) is 4.24. The molecule has 0 spiro atoms. The van der Waals surface area contributed by atoms with E-state index in [-0.39, 0.29) is 22.3 Å². The predicted octanol–water partition coefficient (Wildman–Crippen LogP) is 1.99. The monoisotopic (exact) mass is 346 g/mol. The number of hydrazone groups is 1. The Morgan fingerprint density at radius 2 is 2.12 bits per heavy atom. The van der Waals surface area contributed by atoms with Gasteiger partial charge in [-0.25, -0.2) is 0 Å². The second-order valence-corrected chi connectivity index (χ2v) is 5.85. The molecule has 3 rings (SSSR count). The van der Waals surface area contributed by atoms with Crippen molar-refractivity contribution in [3.05, 3.63) is 50.5 Å². The normalized spacial score (nSPS) is 16.6. The molecule has 1 aromatic carbocycles. The van der Waals surface area contributed by atoms with Gasteiger partial charge in [0.2, 0.25) is 5.88 Å². The molecule has 1 aliphatic heterocycles. The lowest BCUT2D eigenvalue weighted by Crippen LogP contribution is -2.21. The van der Waals surface area contributed by atoms with E-state index in [9.17, 15) is 9.90 Å². The van der Waals surface area contributed by atoms with E-state index >= 15 is 0 Å².